The monoisotopic (exact) mass is 640 g/mol. The number of carbonyl (C=O) groups is 2. The maximum absolute atomic E-state index is 12.4. The van der Waals surface area contributed by atoms with Crippen LogP contribution in [0, 0.1) is 13.8 Å². The van der Waals surface area contributed by atoms with Gasteiger partial charge in [0.2, 0.25) is 0 Å². The third-order valence-corrected chi connectivity index (χ3v) is 7.74. The fraction of sp³-hybridized carbons (Fsp3) is 0.200. The van der Waals surface area contributed by atoms with Crippen LogP contribution in [-0.4, -0.2) is 44.7 Å². The second-order valence-corrected chi connectivity index (χ2v) is 11.1. The zero-order valence-electron chi connectivity index (χ0n) is 27.8. The van der Waals surface area contributed by atoms with Crippen LogP contribution in [0.2, 0.25) is 0 Å². The van der Waals surface area contributed by atoms with Crippen LogP contribution < -0.4 is 0 Å². The van der Waals surface area contributed by atoms with Crippen molar-refractivity contribution in [2.45, 2.75) is 40.8 Å². The molecule has 2 aromatic heterocycles. The molecule has 0 amide bonds. The molecule has 0 spiro atoms. The molecule has 0 bridgehead atoms. The quantitative estimate of drug-likeness (QED) is 0.140. The summed E-state index contributed by atoms with van der Waals surface area (Å²) in [6, 6.07) is 39.8. The van der Waals surface area contributed by atoms with Gasteiger partial charge in [0.1, 0.15) is 16.8 Å². The van der Waals surface area contributed by atoms with E-state index in [9.17, 15) is 9.59 Å². The molecule has 6 rings (SSSR count). The molecule has 0 N–H and O–H groups in total. The fourth-order valence-corrected chi connectivity index (χ4v) is 5.49. The number of hydrogen-bond acceptors (Lipinski definition) is 6. The average molecular weight is 641 g/mol. The van der Waals surface area contributed by atoms with Crippen molar-refractivity contribution in [2.75, 3.05) is 13.2 Å². The van der Waals surface area contributed by atoms with Crippen molar-refractivity contribution in [3.63, 3.8) is 0 Å². The Morgan fingerprint density at radius 2 is 1.00 bits per heavy atom. The Hall–Kier alpha value is -5.76. The first-order valence-corrected chi connectivity index (χ1v) is 16.1. The second-order valence-electron chi connectivity index (χ2n) is 11.1. The third-order valence-electron chi connectivity index (χ3n) is 7.74. The van der Waals surface area contributed by atoms with Crippen molar-refractivity contribution in [3.05, 3.63) is 155 Å². The van der Waals surface area contributed by atoms with E-state index >= 15 is 0 Å². The van der Waals surface area contributed by atoms with Crippen molar-refractivity contribution in [2.24, 2.45) is 0 Å². The molecule has 8 heteroatoms. The van der Waals surface area contributed by atoms with Gasteiger partial charge < -0.3 is 9.47 Å². The van der Waals surface area contributed by atoms with Gasteiger partial charge in [-0.05, 0) is 38.8 Å². The lowest BCUT2D eigenvalue weighted by molar-refractivity contribution is 0.0516. The van der Waals surface area contributed by atoms with Crippen LogP contribution >= 0.6 is 0 Å². The standard InChI is InChI=1S/2C20H20N2O2/c1-3-24-20(23)18-15(2)22(14-16-10-6-4-7-11-16)21-19(18)17-12-8-5-9-13-17;1-3-24-20(23)18-15(2)21-22(14-16-10-6-4-7-11-16)19(18)17-12-8-5-9-13-17/h2*4-13H,3,14H2,1-2H3. The molecule has 0 aliphatic carbocycles. The maximum Gasteiger partial charge on any atom is 0.342 e. The zero-order valence-corrected chi connectivity index (χ0v) is 27.8. The summed E-state index contributed by atoms with van der Waals surface area (Å²) >= 11 is 0. The van der Waals surface area contributed by atoms with Crippen molar-refractivity contribution < 1.29 is 19.1 Å². The van der Waals surface area contributed by atoms with Crippen LogP contribution in [0.25, 0.3) is 22.5 Å². The number of rotatable bonds is 10. The van der Waals surface area contributed by atoms with Gasteiger partial charge in [-0.2, -0.15) is 10.2 Å². The first-order valence-electron chi connectivity index (χ1n) is 16.1. The smallest absolute Gasteiger partial charge is 0.342 e. The Morgan fingerprint density at radius 1 is 0.562 bits per heavy atom. The molecule has 4 aromatic carbocycles. The van der Waals surface area contributed by atoms with Gasteiger partial charge in [0.05, 0.1) is 43.4 Å². The molecule has 8 nitrogen and oxygen atoms in total. The molecular formula is C40H40N4O4. The maximum atomic E-state index is 12.4. The normalized spacial score (nSPS) is 10.6. The van der Waals surface area contributed by atoms with E-state index in [1.165, 1.54) is 0 Å². The first-order chi connectivity index (χ1) is 23.4. The molecule has 6 aromatic rings. The van der Waals surface area contributed by atoms with Gasteiger partial charge in [0.25, 0.3) is 0 Å². The number of hydrogen-bond donors (Lipinski definition) is 0. The van der Waals surface area contributed by atoms with E-state index in [1.54, 1.807) is 0 Å². The molecule has 0 atom stereocenters. The highest BCUT2D eigenvalue weighted by Crippen LogP contribution is 2.29. The summed E-state index contributed by atoms with van der Waals surface area (Å²) in [6.45, 7) is 9.28. The van der Waals surface area contributed by atoms with E-state index in [0.29, 0.717) is 48.8 Å². The molecule has 0 saturated carbocycles. The number of benzene rings is 4. The summed E-state index contributed by atoms with van der Waals surface area (Å²) in [5, 5.41) is 9.30. The summed E-state index contributed by atoms with van der Waals surface area (Å²) in [5.74, 6) is -0.652. The van der Waals surface area contributed by atoms with Gasteiger partial charge in [0, 0.05) is 11.1 Å². The lowest BCUT2D eigenvalue weighted by Gasteiger charge is -2.10. The van der Waals surface area contributed by atoms with Gasteiger partial charge in [-0.25, -0.2) is 9.59 Å². The molecule has 48 heavy (non-hydrogen) atoms. The van der Waals surface area contributed by atoms with Crippen LogP contribution in [0.15, 0.2) is 121 Å². The predicted octanol–water partition coefficient (Wildman–Crippen LogP) is 8.17. The second kappa shape index (κ2) is 16.2. The number of aryl methyl sites for hydroxylation is 1. The molecule has 0 fully saturated rings. The van der Waals surface area contributed by atoms with Crippen LogP contribution in [0.5, 0.6) is 0 Å². The van der Waals surface area contributed by atoms with E-state index in [4.69, 9.17) is 14.6 Å². The van der Waals surface area contributed by atoms with Crippen LogP contribution in [0.1, 0.15) is 57.1 Å². The molecule has 0 radical (unpaired) electrons. The summed E-state index contributed by atoms with van der Waals surface area (Å²) in [4.78, 5) is 24.9. The van der Waals surface area contributed by atoms with Crippen LogP contribution in [0.4, 0.5) is 0 Å². The lowest BCUT2D eigenvalue weighted by Crippen LogP contribution is -2.09. The van der Waals surface area contributed by atoms with E-state index in [1.807, 2.05) is 146 Å². The largest absolute Gasteiger partial charge is 0.462 e. The SMILES string of the molecule is CCOC(=O)c1c(-c2ccccc2)nn(Cc2ccccc2)c1C.CCOC(=O)c1c(C)nn(Cc2ccccc2)c1-c1ccccc1. The van der Waals surface area contributed by atoms with Crippen molar-refractivity contribution in [1.29, 1.82) is 0 Å². The first kappa shape index (κ1) is 33.6. The fourth-order valence-electron chi connectivity index (χ4n) is 5.49. The summed E-state index contributed by atoms with van der Waals surface area (Å²) in [7, 11) is 0. The third kappa shape index (κ3) is 7.96. The van der Waals surface area contributed by atoms with Crippen molar-refractivity contribution >= 4 is 11.9 Å². The zero-order chi connectivity index (χ0) is 33.9. The minimum Gasteiger partial charge on any atom is -0.462 e. The highest BCUT2D eigenvalue weighted by atomic mass is 16.5. The molecule has 244 valence electrons. The van der Waals surface area contributed by atoms with Crippen molar-refractivity contribution in [1.82, 2.24) is 19.6 Å². The van der Waals surface area contributed by atoms with Gasteiger partial charge in [-0.1, -0.05) is 121 Å². The van der Waals surface area contributed by atoms with Gasteiger partial charge in [-0.3, -0.25) is 9.36 Å². The van der Waals surface area contributed by atoms with E-state index < -0.39 is 0 Å². The Morgan fingerprint density at radius 3 is 1.50 bits per heavy atom. The average Bonchev–Trinajstić information content (AvgIpc) is 3.62. The van der Waals surface area contributed by atoms with Gasteiger partial charge in [-0.15, -0.1) is 0 Å². The van der Waals surface area contributed by atoms with Crippen molar-refractivity contribution in [3.8, 4) is 22.5 Å². The van der Waals surface area contributed by atoms with Gasteiger partial charge in [0.15, 0.2) is 0 Å². The summed E-state index contributed by atoms with van der Waals surface area (Å²) in [6.07, 6.45) is 0. The van der Waals surface area contributed by atoms with E-state index in [0.717, 1.165) is 33.6 Å². The van der Waals surface area contributed by atoms with Gasteiger partial charge >= 0.3 is 11.9 Å². The molecule has 0 saturated heterocycles. The van der Waals surface area contributed by atoms with E-state index in [-0.39, 0.29) is 11.9 Å². The van der Waals surface area contributed by atoms with Crippen LogP contribution in [-0.2, 0) is 22.6 Å². The highest BCUT2D eigenvalue weighted by Gasteiger charge is 2.25. The Labute approximate surface area is 281 Å². The Kier molecular flexibility index (Phi) is 11.3. The number of esters is 2. The minimum atomic E-state index is -0.326. The predicted molar refractivity (Wildman–Crippen MR) is 188 cm³/mol. The highest BCUT2D eigenvalue weighted by molar-refractivity contribution is 5.98. The topological polar surface area (TPSA) is 88.2 Å². The Balaban J connectivity index is 0.000000188. The van der Waals surface area contributed by atoms with E-state index in [2.05, 4.69) is 17.2 Å². The summed E-state index contributed by atoms with van der Waals surface area (Å²) in [5.41, 5.74) is 8.19. The minimum absolute atomic E-state index is 0.326. The summed E-state index contributed by atoms with van der Waals surface area (Å²) < 4.78 is 14.2. The molecule has 2 heterocycles. The molecule has 0 aliphatic heterocycles. The molecule has 0 unspecified atom stereocenters. The molecule has 0 aliphatic rings. The number of aromatic nitrogens is 4. The molecular weight excluding hydrogens is 600 g/mol. The Bertz CT molecular complexity index is 1920. The number of nitrogens with zero attached hydrogens (tertiary/aromatic N) is 4. The number of ether oxygens (including phenoxy) is 2. The van der Waals surface area contributed by atoms with Crippen LogP contribution in [0.3, 0.4) is 0 Å². The lowest BCUT2D eigenvalue weighted by atomic mass is 10.1. The number of carbonyl (C=O) groups excluding carboxylic acids is 2.